The summed E-state index contributed by atoms with van der Waals surface area (Å²) in [6.45, 7) is 3.23. The largest absolute Gasteiger partial charge is 0.491 e. The topological polar surface area (TPSA) is 24.9 Å². The van der Waals surface area contributed by atoms with Crippen molar-refractivity contribution in [2.75, 3.05) is 40.8 Å². The third-order valence-corrected chi connectivity index (χ3v) is 6.16. The minimum absolute atomic E-state index is 0.0636. The van der Waals surface area contributed by atoms with Crippen molar-refractivity contribution in [2.45, 2.75) is 31.1 Å². The molecule has 4 nitrogen and oxygen atoms in total. The van der Waals surface area contributed by atoms with Crippen LogP contribution in [-0.2, 0) is 11.3 Å². The van der Waals surface area contributed by atoms with Crippen LogP contribution in [0.5, 0.6) is 5.75 Å². The lowest BCUT2D eigenvalue weighted by Crippen LogP contribution is -2.40. The van der Waals surface area contributed by atoms with E-state index < -0.39 is 11.6 Å². The van der Waals surface area contributed by atoms with Crippen LogP contribution in [0.4, 0.5) is 8.78 Å². The molecule has 25 heavy (non-hydrogen) atoms. The highest BCUT2D eigenvalue weighted by molar-refractivity contribution is 5.33. The number of benzene rings is 1. The number of nitrogens with zero attached hydrogens (tertiary/aromatic N) is 2. The maximum Gasteiger partial charge on any atom is 0.190 e. The highest BCUT2D eigenvalue weighted by atomic mass is 19.1. The van der Waals surface area contributed by atoms with E-state index in [0.29, 0.717) is 30.0 Å². The first kappa shape index (κ1) is 17.2. The molecule has 3 aliphatic rings. The summed E-state index contributed by atoms with van der Waals surface area (Å²) in [5, 5.41) is 0. The van der Waals surface area contributed by atoms with Gasteiger partial charge in [0.15, 0.2) is 17.4 Å². The Morgan fingerprint density at radius 1 is 1.36 bits per heavy atom. The summed E-state index contributed by atoms with van der Waals surface area (Å²) in [5.74, 6) is -0.501. The van der Waals surface area contributed by atoms with Gasteiger partial charge in [-0.25, -0.2) is 8.78 Å². The quantitative estimate of drug-likeness (QED) is 0.813. The summed E-state index contributed by atoms with van der Waals surface area (Å²) in [7, 11) is 5.50. The van der Waals surface area contributed by atoms with E-state index in [2.05, 4.69) is 23.9 Å². The molecule has 0 N–H and O–H groups in total. The molecule has 1 spiro atoms. The minimum atomic E-state index is -0.659. The second kappa shape index (κ2) is 6.18. The molecule has 1 aromatic carbocycles. The van der Waals surface area contributed by atoms with E-state index in [0.717, 1.165) is 32.5 Å². The summed E-state index contributed by atoms with van der Waals surface area (Å²) in [6, 6.07) is 2.80. The molecule has 0 aromatic heterocycles. The first-order chi connectivity index (χ1) is 11.9. The fraction of sp³-hybridized carbons (Fsp3) is 0.684. The molecule has 2 bridgehead atoms. The van der Waals surface area contributed by atoms with Crippen molar-refractivity contribution in [1.29, 1.82) is 0 Å². The number of halogens is 2. The molecule has 6 heteroatoms. The highest BCUT2D eigenvalue weighted by Crippen LogP contribution is 2.55. The average Bonchev–Trinajstić information content (AvgIpc) is 3.20. The van der Waals surface area contributed by atoms with Crippen LogP contribution in [0.15, 0.2) is 12.1 Å². The lowest BCUT2D eigenvalue weighted by molar-refractivity contribution is 0.00136. The molecule has 3 heterocycles. The number of rotatable bonds is 5. The number of hydrogen-bond acceptors (Lipinski definition) is 4. The first-order valence-corrected chi connectivity index (χ1v) is 8.99. The molecule has 3 saturated heterocycles. The van der Waals surface area contributed by atoms with Crippen LogP contribution in [-0.4, -0.2) is 62.3 Å². The molecule has 0 amide bonds. The van der Waals surface area contributed by atoms with Gasteiger partial charge in [-0.15, -0.1) is 0 Å². The van der Waals surface area contributed by atoms with E-state index in [4.69, 9.17) is 9.47 Å². The standard InChI is InChI=1S/C19H26F2N2O2/c1-22(2)9-13-14-10-23(11-19(14)7-6-16(13)25-19)8-12-4-5-15(20)18(24-3)17(12)21/h4-5,13-14,16H,6-11H2,1-3H3/t13-,14+,16+,19+/m0/s1. The average molecular weight is 352 g/mol. The summed E-state index contributed by atoms with van der Waals surface area (Å²) >= 11 is 0. The summed E-state index contributed by atoms with van der Waals surface area (Å²) in [4.78, 5) is 4.49. The van der Waals surface area contributed by atoms with Gasteiger partial charge in [0.2, 0.25) is 0 Å². The molecule has 4 atom stereocenters. The van der Waals surface area contributed by atoms with Gasteiger partial charge in [-0.2, -0.15) is 0 Å². The van der Waals surface area contributed by atoms with Crippen LogP contribution in [0.1, 0.15) is 18.4 Å². The maximum absolute atomic E-state index is 14.5. The van der Waals surface area contributed by atoms with E-state index in [-0.39, 0.29) is 11.4 Å². The van der Waals surface area contributed by atoms with E-state index in [1.165, 1.54) is 19.2 Å². The predicted molar refractivity (Wildman–Crippen MR) is 90.6 cm³/mol. The van der Waals surface area contributed by atoms with Crippen LogP contribution in [0.25, 0.3) is 0 Å². The highest BCUT2D eigenvalue weighted by Gasteiger charge is 2.62. The molecule has 0 saturated carbocycles. The number of ether oxygens (including phenoxy) is 2. The lowest BCUT2D eigenvalue weighted by Gasteiger charge is -2.31. The van der Waals surface area contributed by atoms with Gasteiger partial charge in [0.05, 0.1) is 18.8 Å². The monoisotopic (exact) mass is 352 g/mol. The summed E-state index contributed by atoms with van der Waals surface area (Å²) in [6.07, 6.45) is 2.59. The van der Waals surface area contributed by atoms with Crippen LogP contribution in [0, 0.1) is 23.5 Å². The Morgan fingerprint density at radius 3 is 2.88 bits per heavy atom. The third kappa shape index (κ3) is 2.75. The van der Waals surface area contributed by atoms with Crippen molar-refractivity contribution in [3.05, 3.63) is 29.3 Å². The van der Waals surface area contributed by atoms with Crippen molar-refractivity contribution in [2.24, 2.45) is 11.8 Å². The molecule has 3 fully saturated rings. The molecule has 1 aromatic rings. The smallest absolute Gasteiger partial charge is 0.190 e. The van der Waals surface area contributed by atoms with Crippen LogP contribution in [0.2, 0.25) is 0 Å². The predicted octanol–water partition coefficient (Wildman–Crippen LogP) is 2.51. The molecule has 0 radical (unpaired) electrons. The van der Waals surface area contributed by atoms with Gasteiger partial charge in [-0.1, -0.05) is 6.07 Å². The van der Waals surface area contributed by atoms with Gasteiger partial charge in [-0.3, -0.25) is 4.90 Å². The lowest BCUT2D eigenvalue weighted by atomic mass is 9.73. The Bertz CT molecular complexity index is 669. The fourth-order valence-corrected chi connectivity index (χ4v) is 5.20. The van der Waals surface area contributed by atoms with E-state index in [1.807, 2.05) is 0 Å². The van der Waals surface area contributed by atoms with Gasteiger partial charge >= 0.3 is 0 Å². The SMILES string of the molecule is COc1c(F)ccc(CN2C[C@@H]3[C@H](CN(C)C)[C@H]4CC[C@]3(C2)O4)c1F. The Kier molecular flexibility index (Phi) is 4.25. The molecular formula is C19H26F2N2O2. The number of hydrogen-bond donors (Lipinski definition) is 0. The van der Waals surface area contributed by atoms with Crippen molar-refractivity contribution >= 4 is 0 Å². The molecule has 0 unspecified atom stereocenters. The second-order valence-electron chi connectivity index (χ2n) is 8.02. The van der Waals surface area contributed by atoms with Crippen molar-refractivity contribution in [3.63, 3.8) is 0 Å². The van der Waals surface area contributed by atoms with Crippen molar-refractivity contribution in [3.8, 4) is 5.75 Å². The Hall–Kier alpha value is -1.24. The molecular weight excluding hydrogens is 326 g/mol. The number of fused-ring (bicyclic) bond motifs is 1. The Morgan fingerprint density at radius 2 is 2.16 bits per heavy atom. The zero-order valence-electron chi connectivity index (χ0n) is 15.1. The van der Waals surface area contributed by atoms with Gasteiger partial charge < -0.3 is 14.4 Å². The fourth-order valence-electron chi connectivity index (χ4n) is 5.20. The third-order valence-electron chi connectivity index (χ3n) is 6.16. The summed E-state index contributed by atoms with van der Waals surface area (Å²) < 4.78 is 39.4. The van der Waals surface area contributed by atoms with Crippen LogP contribution < -0.4 is 4.74 Å². The number of likely N-dealkylation sites (tertiary alicyclic amines) is 1. The van der Waals surface area contributed by atoms with Gasteiger partial charge in [0.25, 0.3) is 0 Å². The molecule has 138 valence electrons. The summed E-state index contributed by atoms with van der Waals surface area (Å²) in [5.41, 5.74) is 0.416. The van der Waals surface area contributed by atoms with Gasteiger partial charge in [0.1, 0.15) is 0 Å². The molecule has 4 rings (SSSR count). The zero-order valence-corrected chi connectivity index (χ0v) is 15.1. The van der Waals surface area contributed by atoms with Gasteiger partial charge in [0, 0.05) is 43.6 Å². The number of methoxy groups -OCH3 is 1. The molecule has 0 aliphatic carbocycles. The molecule has 3 aliphatic heterocycles. The maximum atomic E-state index is 14.5. The second-order valence-corrected chi connectivity index (χ2v) is 8.02. The van der Waals surface area contributed by atoms with Gasteiger partial charge in [-0.05, 0) is 33.0 Å². The van der Waals surface area contributed by atoms with Crippen molar-refractivity contribution < 1.29 is 18.3 Å². The normalized spacial score (nSPS) is 34.1. The Balaban J connectivity index is 1.52. The van der Waals surface area contributed by atoms with Crippen molar-refractivity contribution in [1.82, 2.24) is 9.80 Å². The van der Waals surface area contributed by atoms with E-state index in [1.54, 1.807) is 0 Å². The zero-order chi connectivity index (χ0) is 17.8. The van der Waals surface area contributed by atoms with E-state index in [9.17, 15) is 8.78 Å². The van der Waals surface area contributed by atoms with E-state index >= 15 is 0 Å². The Labute approximate surface area is 147 Å². The van der Waals surface area contributed by atoms with Crippen LogP contribution in [0.3, 0.4) is 0 Å². The minimum Gasteiger partial charge on any atom is -0.491 e. The first-order valence-electron chi connectivity index (χ1n) is 8.99. The van der Waals surface area contributed by atoms with Crippen LogP contribution >= 0.6 is 0 Å².